The number of guanidine groups is 1. The largest absolute Gasteiger partial charge is 0.370 e. The number of benzene rings is 1. The SMILES string of the molecule is NCCCCNCCCNC(=O)[C@H](Cc1ccccc1)NC(=O)C(N)CCCN=C(N)N. The third-order valence-electron chi connectivity index (χ3n) is 4.86. The molecular formula is C22H40N8O2. The third-order valence-corrected chi connectivity index (χ3v) is 4.86. The monoisotopic (exact) mass is 448 g/mol. The zero-order chi connectivity index (χ0) is 23.6. The van der Waals surface area contributed by atoms with E-state index in [-0.39, 0.29) is 17.8 Å². The molecule has 10 nitrogen and oxygen atoms in total. The quantitative estimate of drug-likeness (QED) is 0.0897. The number of carbonyl (C=O) groups is 2. The number of nitrogens with one attached hydrogen (secondary N) is 3. The highest BCUT2D eigenvalue weighted by atomic mass is 16.2. The number of aliphatic imine (C=N–C) groups is 1. The summed E-state index contributed by atoms with van der Waals surface area (Å²) in [6.07, 6.45) is 4.21. The minimum absolute atomic E-state index is 0.00776. The number of unbranched alkanes of at least 4 members (excludes halogenated alkanes) is 1. The standard InChI is InChI=1S/C22H40N8O2/c23-11-4-5-12-27-13-7-15-28-21(32)19(16-17-8-2-1-3-9-17)30-20(31)18(24)10-6-14-29-22(25)26/h1-3,8-9,18-19,27H,4-7,10-16,23-24H2,(H,28,32)(H,30,31)(H4,25,26,29)/t18?,19-/m0/s1. The van der Waals surface area contributed by atoms with E-state index in [1.54, 1.807) is 0 Å². The van der Waals surface area contributed by atoms with Gasteiger partial charge in [-0.15, -0.1) is 0 Å². The molecule has 1 unspecified atom stereocenters. The second-order valence-electron chi connectivity index (χ2n) is 7.70. The molecule has 32 heavy (non-hydrogen) atoms. The maximum absolute atomic E-state index is 12.8. The summed E-state index contributed by atoms with van der Waals surface area (Å²) in [7, 11) is 0. The molecule has 0 fully saturated rings. The first-order valence-electron chi connectivity index (χ1n) is 11.3. The van der Waals surface area contributed by atoms with Gasteiger partial charge in [0.1, 0.15) is 6.04 Å². The normalized spacial score (nSPS) is 12.6. The van der Waals surface area contributed by atoms with Gasteiger partial charge < -0.3 is 38.9 Å². The van der Waals surface area contributed by atoms with E-state index in [9.17, 15) is 9.59 Å². The highest BCUT2D eigenvalue weighted by molar-refractivity contribution is 5.89. The lowest BCUT2D eigenvalue weighted by Crippen LogP contribution is -2.52. The maximum atomic E-state index is 12.8. The predicted octanol–water partition coefficient (Wildman–Crippen LogP) is -1.07. The molecule has 0 spiro atoms. The van der Waals surface area contributed by atoms with Crippen molar-refractivity contribution in [1.82, 2.24) is 16.0 Å². The summed E-state index contributed by atoms with van der Waals surface area (Å²) >= 11 is 0. The van der Waals surface area contributed by atoms with Crippen molar-refractivity contribution < 1.29 is 9.59 Å². The van der Waals surface area contributed by atoms with Crippen molar-refractivity contribution in [3.8, 4) is 0 Å². The van der Waals surface area contributed by atoms with Crippen LogP contribution in [0.15, 0.2) is 35.3 Å². The average molecular weight is 449 g/mol. The van der Waals surface area contributed by atoms with E-state index >= 15 is 0 Å². The number of rotatable bonds is 17. The van der Waals surface area contributed by atoms with Crippen molar-refractivity contribution >= 4 is 17.8 Å². The van der Waals surface area contributed by atoms with Crippen molar-refractivity contribution in [3.05, 3.63) is 35.9 Å². The van der Waals surface area contributed by atoms with Crippen LogP contribution in [0.2, 0.25) is 0 Å². The van der Waals surface area contributed by atoms with E-state index in [0.29, 0.717) is 38.9 Å². The minimum Gasteiger partial charge on any atom is -0.370 e. The van der Waals surface area contributed by atoms with Gasteiger partial charge in [-0.05, 0) is 57.3 Å². The molecule has 0 aliphatic carbocycles. The number of nitrogens with zero attached hydrogens (tertiary/aromatic N) is 1. The molecule has 0 saturated heterocycles. The molecular weight excluding hydrogens is 408 g/mol. The molecule has 0 heterocycles. The Hall–Kier alpha value is -2.69. The Morgan fingerprint density at radius 2 is 1.66 bits per heavy atom. The van der Waals surface area contributed by atoms with Gasteiger partial charge in [0.15, 0.2) is 5.96 Å². The van der Waals surface area contributed by atoms with E-state index < -0.39 is 12.1 Å². The fourth-order valence-electron chi connectivity index (χ4n) is 3.06. The highest BCUT2D eigenvalue weighted by Crippen LogP contribution is 2.05. The fraction of sp³-hybridized carbons (Fsp3) is 0.591. The number of hydrogen-bond acceptors (Lipinski definition) is 6. The number of carbonyl (C=O) groups excluding carboxylic acids is 2. The minimum atomic E-state index is -0.743. The van der Waals surface area contributed by atoms with Crippen LogP contribution in [0.4, 0.5) is 0 Å². The lowest BCUT2D eigenvalue weighted by molar-refractivity contribution is -0.129. The van der Waals surface area contributed by atoms with Crippen LogP contribution in [-0.4, -0.2) is 62.6 Å². The van der Waals surface area contributed by atoms with Gasteiger partial charge in [-0.25, -0.2) is 0 Å². The van der Waals surface area contributed by atoms with Crippen LogP contribution in [0.3, 0.4) is 0 Å². The molecule has 0 aliphatic heterocycles. The molecule has 11 N–H and O–H groups in total. The Kier molecular flexibility index (Phi) is 14.5. The summed E-state index contributed by atoms with van der Waals surface area (Å²) in [4.78, 5) is 29.2. The van der Waals surface area contributed by atoms with E-state index in [2.05, 4.69) is 20.9 Å². The van der Waals surface area contributed by atoms with Gasteiger partial charge in [0.05, 0.1) is 6.04 Å². The lowest BCUT2D eigenvalue weighted by Gasteiger charge is -2.21. The smallest absolute Gasteiger partial charge is 0.242 e. The van der Waals surface area contributed by atoms with Crippen LogP contribution in [0.1, 0.15) is 37.7 Å². The Morgan fingerprint density at radius 3 is 2.34 bits per heavy atom. The van der Waals surface area contributed by atoms with E-state index in [1.165, 1.54) is 0 Å². The van der Waals surface area contributed by atoms with E-state index in [4.69, 9.17) is 22.9 Å². The molecule has 2 atom stereocenters. The Morgan fingerprint density at radius 1 is 0.938 bits per heavy atom. The zero-order valence-electron chi connectivity index (χ0n) is 18.9. The Labute approximate surface area is 190 Å². The van der Waals surface area contributed by atoms with Gasteiger partial charge in [0.2, 0.25) is 11.8 Å². The van der Waals surface area contributed by atoms with Gasteiger partial charge in [0.25, 0.3) is 0 Å². The fourth-order valence-corrected chi connectivity index (χ4v) is 3.06. The molecule has 1 aromatic rings. The molecule has 0 aromatic heterocycles. The first-order valence-corrected chi connectivity index (χ1v) is 11.3. The third kappa shape index (κ3) is 12.9. The van der Waals surface area contributed by atoms with Gasteiger partial charge in [-0.3, -0.25) is 14.6 Å². The van der Waals surface area contributed by atoms with Crippen molar-refractivity contribution in [2.75, 3.05) is 32.7 Å². The molecule has 0 aliphatic rings. The summed E-state index contributed by atoms with van der Waals surface area (Å²) in [5, 5.41) is 9.04. The van der Waals surface area contributed by atoms with Crippen molar-refractivity contribution in [2.45, 2.75) is 50.6 Å². The van der Waals surface area contributed by atoms with Crippen molar-refractivity contribution in [2.24, 2.45) is 27.9 Å². The van der Waals surface area contributed by atoms with E-state index in [1.807, 2.05) is 30.3 Å². The van der Waals surface area contributed by atoms with Crippen LogP contribution in [-0.2, 0) is 16.0 Å². The molecule has 0 saturated carbocycles. The molecule has 180 valence electrons. The predicted molar refractivity (Wildman–Crippen MR) is 129 cm³/mol. The van der Waals surface area contributed by atoms with Crippen molar-refractivity contribution in [3.63, 3.8) is 0 Å². The van der Waals surface area contributed by atoms with Crippen LogP contribution >= 0.6 is 0 Å². The van der Waals surface area contributed by atoms with Gasteiger partial charge in [0, 0.05) is 19.5 Å². The van der Waals surface area contributed by atoms with Crippen LogP contribution in [0, 0.1) is 0 Å². The molecule has 0 radical (unpaired) electrons. The van der Waals surface area contributed by atoms with Crippen LogP contribution in [0.25, 0.3) is 0 Å². The summed E-state index contributed by atoms with van der Waals surface area (Å²) in [6, 6.07) is 8.11. The summed E-state index contributed by atoms with van der Waals surface area (Å²) in [6.45, 7) is 3.35. The molecule has 1 rings (SSSR count). The van der Waals surface area contributed by atoms with Crippen LogP contribution < -0.4 is 38.9 Å². The summed E-state index contributed by atoms with van der Waals surface area (Å²) in [5.74, 6) is -0.584. The highest BCUT2D eigenvalue weighted by Gasteiger charge is 2.23. The molecule has 2 amide bonds. The van der Waals surface area contributed by atoms with Crippen LogP contribution in [0.5, 0.6) is 0 Å². The molecule has 0 bridgehead atoms. The number of amides is 2. The first kappa shape index (κ1) is 27.3. The average Bonchev–Trinajstić information content (AvgIpc) is 2.78. The number of nitrogens with two attached hydrogens (primary N) is 4. The molecule has 10 heteroatoms. The topological polar surface area (TPSA) is 187 Å². The first-order chi connectivity index (χ1) is 15.4. The number of hydrogen-bond donors (Lipinski definition) is 7. The van der Waals surface area contributed by atoms with E-state index in [0.717, 1.165) is 37.9 Å². The Balaban J connectivity index is 2.52. The summed E-state index contributed by atoms with van der Waals surface area (Å²) < 4.78 is 0. The zero-order valence-corrected chi connectivity index (χ0v) is 18.9. The van der Waals surface area contributed by atoms with Gasteiger partial charge >= 0.3 is 0 Å². The van der Waals surface area contributed by atoms with Gasteiger partial charge in [-0.2, -0.15) is 0 Å². The van der Waals surface area contributed by atoms with Gasteiger partial charge in [-0.1, -0.05) is 30.3 Å². The Bertz CT molecular complexity index is 680. The van der Waals surface area contributed by atoms with Crippen molar-refractivity contribution in [1.29, 1.82) is 0 Å². The summed E-state index contributed by atoms with van der Waals surface area (Å²) in [5.41, 5.74) is 23.0. The second-order valence-corrected chi connectivity index (χ2v) is 7.70. The lowest BCUT2D eigenvalue weighted by atomic mass is 10.0. The molecule has 1 aromatic carbocycles. The second kappa shape index (κ2) is 16.9. The maximum Gasteiger partial charge on any atom is 0.242 e.